The number of hydrogen-bond donors (Lipinski definition) is 2. The molecule has 2 nitrogen and oxygen atoms in total. The standard InChI is InChI=1S/C12H14O2/c13-9-11-7-5-3-1-2-4-6-8-12(11)10-14/h1-2,11-14H,7-10H2/b2-1-/t11-,12-/m0/s1. The lowest BCUT2D eigenvalue weighted by molar-refractivity contribution is 0.125. The minimum Gasteiger partial charge on any atom is -0.396 e. The van der Waals surface area contributed by atoms with Crippen LogP contribution in [0, 0.1) is 35.5 Å². The van der Waals surface area contributed by atoms with E-state index in [1.807, 2.05) is 0 Å². The third-order valence-electron chi connectivity index (χ3n) is 2.32. The van der Waals surface area contributed by atoms with Gasteiger partial charge in [0.25, 0.3) is 0 Å². The molecule has 0 aromatic rings. The maximum Gasteiger partial charge on any atom is 0.0472 e. The second-order valence-electron chi connectivity index (χ2n) is 3.27. The molecule has 0 bridgehead atoms. The summed E-state index contributed by atoms with van der Waals surface area (Å²) in [6.45, 7) is 0.122. The van der Waals surface area contributed by atoms with Crippen molar-refractivity contribution in [2.45, 2.75) is 12.8 Å². The Morgan fingerprint density at radius 3 is 1.71 bits per heavy atom. The van der Waals surface area contributed by atoms with Gasteiger partial charge in [0.1, 0.15) is 0 Å². The van der Waals surface area contributed by atoms with Crippen molar-refractivity contribution in [3.63, 3.8) is 0 Å². The summed E-state index contributed by atoms with van der Waals surface area (Å²) in [5.41, 5.74) is 0. The number of allylic oxidation sites excluding steroid dienone is 2. The van der Waals surface area contributed by atoms with Gasteiger partial charge in [-0.15, -0.1) is 0 Å². The SMILES string of the molecule is OC[C@@H]1CC#C/C=C\C#CC[C@H]1CO. The highest BCUT2D eigenvalue weighted by Crippen LogP contribution is 2.18. The second-order valence-corrected chi connectivity index (χ2v) is 3.27. The molecule has 0 heterocycles. The van der Waals surface area contributed by atoms with Crippen LogP contribution in [-0.4, -0.2) is 23.4 Å². The summed E-state index contributed by atoms with van der Waals surface area (Å²) in [5, 5.41) is 18.3. The number of aliphatic hydroxyl groups excluding tert-OH is 2. The fraction of sp³-hybridized carbons (Fsp3) is 0.500. The van der Waals surface area contributed by atoms with Crippen molar-refractivity contribution >= 4 is 0 Å². The largest absolute Gasteiger partial charge is 0.396 e. The topological polar surface area (TPSA) is 40.5 Å². The Balaban J connectivity index is 2.74. The van der Waals surface area contributed by atoms with Crippen molar-refractivity contribution in [1.29, 1.82) is 0 Å². The molecule has 0 radical (unpaired) electrons. The van der Waals surface area contributed by atoms with E-state index in [9.17, 15) is 0 Å². The van der Waals surface area contributed by atoms with Crippen LogP contribution in [0.15, 0.2) is 12.2 Å². The highest BCUT2D eigenvalue weighted by atomic mass is 16.3. The van der Waals surface area contributed by atoms with Crippen molar-refractivity contribution in [3.8, 4) is 23.7 Å². The van der Waals surface area contributed by atoms with Crippen LogP contribution in [0.5, 0.6) is 0 Å². The maximum absolute atomic E-state index is 9.13. The summed E-state index contributed by atoms with van der Waals surface area (Å²) in [5.74, 6) is 11.6. The highest BCUT2D eigenvalue weighted by Gasteiger charge is 2.18. The monoisotopic (exact) mass is 190 g/mol. The number of aliphatic hydroxyl groups is 2. The first kappa shape index (κ1) is 10.9. The molecule has 14 heavy (non-hydrogen) atoms. The van der Waals surface area contributed by atoms with Crippen LogP contribution in [0.2, 0.25) is 0 Å². The smallest absolute Gasteiger partial charge is 0.0472 e. The van der Waals surface area contributed by atoms with Crippen LogP contribution in [0.25, 0.3) is 0 Å². The van der Waals surface area contributed by atoms with Gasteiger partial charge in [0.05, 0.1) is 0 Å². The molecule has 0 amide bonds. The summed E-state index contributed by atoms with van der Waals surface area (Å²) in [6, 6.07) is 0. The molecule has 0 aromatic heterocycles. The first-order valence-electron chi connectivity index (χ1n) is 4.72. The van der Waals surface area contributed by atoms with Gasteiger partial charge < -0.3 is 10.2 Å². The van der Waals surface area contributed by atoms with E-state index in [-0.39, 0.29) is 25.0 Å². The van der Waals surface area contributed by atoms with Crippen molar-refractivity contribution in [2.75, 3.05) is 13.2 Å². The van der Waals surface area contributed by atoms with Crippen molar-refractivity contribution in [2.24, 2.45) is 11.8 Å². The Morgan fingerprint density at radius 2 is 1.36 bits per heavy atom. The Bertz CT molecular complexity index is 277. The van der Waals surface area contributed by atoms with E-state index in [4.69, 9.17) is 10.2 Å². The Kier molecular flexibility index (Phi) is 4.86. The van der Waals surface area contributed by atoms with Crippen LogP contribution in [-0.2, 0) is 0 Å². The first-order valence-corrected chi connectivity index (χ1v) is 4.72. The van der Waals surface area contributed by atoms with Crippen LogP contribution in [0.1, 0.15) is 12.8 Å². The summed E-state index contributed by atoms with van der Waals surface area (Å²) in [6.07, 6.45) is 4.66. The molecule has 0 saturated carbocycles. The molecule has 0 fully saturated rings. The molecular weight excluding hydrogens is 176 g/mol. The fourth-order valence-corrected chi connectivity index (χ4v) is 1.34. The Labute approximate surface area is 84.6 Å². The van der Waals surface area contributed by atoms with Crippen LogP contribution >= 0.6 is 0 Å². The fourth-order valence-electron chi connectivity index (χ4n) is 1.34. The second kappa shape index (κ2) is 6.27. The molecule has 0 aliphatic heterocycles. The van der Waals surface area contributed by atoms with Crippen LogP contribution in [0.3, 0.4) is 0 Å². The summed E-state index contributed by atoms with van der Waals surface area (Å²) in [4.78, 5) is 0. The predicted octanol–water partition coefficient (Wildman–Crippen LogP) is 0.560. The van der Waals surface area contributed by atoms with Crippen LogP contribution in [0.4, 0.5) is 0 Å². The lowest BCUT2D eigenvalue weighted by Crippen LogP contribution is -2.21. The molecule has 2 atom stereocenters. The molecule has 0 aromatic carbocycles. The summed E-state index contributed by atoms with van der Waals surface area (Å²) < 4.78 is 0. The van der Waals surface area contributed by atoms with Gasteiger partial charge in [-0.25, -0.2) is 0 Å². The number of hydrogen-bond acceptors (Lipinski definition) is 2. The van der Waals surface area contributed by atoms with Gasteiger partial charge in [-0.05, 0) is 24.0 Å². The quantitative estimate of drug-likeness (QED) is 0.625. The molecular formula is C12H14O2. The lowest BCUT2D eigenvalue weighted by Gasteiger charge is -2.19. The molecule has 1 rings (SSSR count). The van der Waals surface area contributed by atoms with Gasteiger partial charge in [-0.1, -0.05) is 23.7 Å². The average molecular weight is 190 g/mol. The molecule has 74 valence electrons. The maximum atomic E-state index is 9.13. The summed E-state index contributed by atoms with van der Waals surface area (Å²) >= 11 is 0. The van der Waals surface area contributed by atoms with Gasteiger partial charge in [-0.2, -0.15) is 0 Å². The first-order chi connectivity index (χ1) is 6.88. The average Bonchev–Trinajstić information content (AvgIpc) is 2.24. The van der Waals surface area contributed by atoms with E-state index >= 15 is 0 Å². The van der Waals surface area contributed by atoms with Crippen molar-refractivity contribution < 1.29 is 10.2 Å². The van der Waals surface area contributed by atoms with E-state index in [2.05, 4.69) is 23.7 Å². The van der Waals surface area contributed by atoms with Crippen LogP contribution < -0.4 is 0 Å². The highest BCUT2D eigenvalue weighted by molar-refractivity contribution is 5.25. The zero-order valence-corrected chi connectivity index (χ0v) is 8.03. The van der Waals surface area contributed by atoms with Gasteiger partial charge in [0.2, 0.25) is 0 Å². The zero-order chi connectivity index (χ0) is 10.2. The Hall–Kier alpha value is -1.22. The van der Waals surface area contributed by atoms with E-state index in [0.29, 0.717) is 12.8 Å². The third-order valence-corrected chi connectivity index (χ3v) is 2.32. The molecule has 1 aliphatic carbocycles. The van der Waals surface area contributed by atoms with Gasteiger partial charge in [-0.3, -0.25) is 0 Å². The molecule has 1 aliphatic rings. The van der Waals surface area contributed by atoms with Gasteiger partial charge >= 0.3 is 0 Å². The molecule has 2 heteroatoms. The van der Waals surface area contributed by atoms with E-state index in [1.165, 1.54) is 0 Å². The molecule has 0 saturated heterocycles. The summed E-state index contributed by atoms with van der Waals surface area (Å²) in [7, 11) is 0. The van der Waals surface area contributed by atoms with E-state index < -0.39 is 0 Å². The molecule has 0 unspecified atom stereocenters. The van der Waals surface area contributed by atoms with E-state index in [1.54, 1.807) is 12.2 Å². The number of rotatable bonds is 2. The third kappa shape index (κ3) is 3.26. The van der Waals surface area contributed by atoms with E-state index in [0.717, 1.165) is 0 Å². The predicted molar refractivity (Wildman–Crippen MR) is 55.1 cm³/mol. The van der Waals surface area contributed by atoms with Gasteiger partial charge in [0.15, 0.2) is 0 Å². The minimum atomic E-state index is 0.0355. The lowest BCUT2D eigenvalue weighted by atomic mass is 9.88. The van der Waals surface area contributed by atoms with Crippen molar-refractivity contribution in [1.82, 2.24) is 0 Å². The minimum absolute atomic E-state index is 0.0355. The Morgan fingerprint density at radius 1 is 0.929 bits per heavy atom. The van der Waals surface area contributed by atoms with Gasteiger partial charge in [0, 0.05) is 26.1 Å². The van der Waals surface area contributed by atoms with Crippen molar-refractivity contribution in [3.05, 3.63) is 12.2 Å². The normalized spacial score (nSPS) is 27.9. The molecule has 0 spiro atoms. The molecule has 2 N–H and O–H groups in total. The zero-order valence-electron chi connectivity index (χ0n) is 8.03.